The first-order chi connectivity index (χ1) is 11.5. The van der Waals surface area contributed by atoms with Crippen molar-refractivity contribution >= 4 is 17.5 Å². The maximum atomic E-state index is 12.4. The van der Waals surface area contributed by atoms with Crippen LogP contribution in [0.25, 0.3) is 0 Å². The molecule has 0 bridgehead atoms. The molecule has 5 nitrogen and oxygen atoms in total. The number of hydrogen-bond donors (Lipinski definition) is 3. The van der Waals surface area contributed by atoms with Gasteiger partial charge in [0, 0.05) is 12.1 Å². The molecule has 2 aromatic carbocycles. The summed E-state index contributed by atoms with van der Waals surface area (Å²) in [5, 5.41) is 14.8. The minimum atomic E-state index is -0.471. The summed E-state index contributed by atoms with van der Waals surface area (Å²) < 4.78 is 0. The number of anilines is 1. The number of rotatable bonds is 6. The van der Waals surface area contributed by atoms with Gasteiger partial charge in [-0.3, -0.25) is 9.59 Å². The monoisotopic (exact) mass is 326 g/mol. The number of para-hydroxylation sites is 1. The highest BCUT2D eigenvalue weighted by molar-refractivity contribution is 6.09. The molecule has 1 unspecified atom stereocenters. The summed E-state index contributed by atoms with van der Waals surface area (Å²) in [4.78, 5) is 24.6. The molecule has 5 heteroatoms. The van der Waals surface area contributed by atoms with E-state index in [1.807, 2.05) is 19.1 Å². The predicted octanol–water partition coefficient (Wildman–Crippen LogP) is 2.75. The Morgan fingerprint density at radius 1 is 1.08 bits per heavy atom. The van der Waals surface area contributed by atoms with Gasteiger partial charge in [0.1, 0.15) is 0 Å². The number of nitrogens with one attached hydrogen (secondary N) is 2. The van der Waals surface area contributed by atoms with Crippen LogP contribution in [0.5, 0.6) is 0 Å². The smallest absolute Gasteiger partial charge is 0.255 e. The van der Waals surface area contributed by atoms with E-state index in [9.17, 15) is 14.7 Å². The van der Waals surface area contributed by atoms with Gasteiger partial charge in [-0.25, -0.2) is 0 Å². The Balaban J connectivity index is 2.11. The molecule has 0 fully saturated rings. The van der Waals surface area contributed by atoms with Crippen LogP contribution in [0, 0.1) is 6.92 Å². The molecule has 2 aromatic rings. The second kappa shape index (κ2) is 8.26. The van der Waals surface area contributed by atoms with Gasteiger partial charge in [0.15, 0.2) is 0 Å². The van der Waals surface area contributed by atoms with Gasteiger partial charge >= 0.3 is 0 Å². The summed E-state index contributed by atoms with van der Waals surface area (Å²) >= 11 is 0. The minimum Gasteiger partial charge on any atom is -0.393 e. The highest BCUT2D eigenvalue weighted by Gasteiger charge is 2.14. The van der Waals surface area contributed by atoms with E-state index in [-0.39, 0.29) is 11.8 Å². The van der Waals surface area contributed by atoms with Crippen LogP contribution in [0.15, 0.2) is 48.5 Å². The van der Waals surface area contributed by atoms with Crippen LogP contribution in [0.3, 0.4) is 0 Å². The minimum absolute atomic E-state index is 0.261. The topological polar surface area (TPSA) is 78.4 Å². The maximum absolute atomic E-state index is 12.4. The molecule has 0 radical (unpaired) electrons. The van der Waals surface area contributed by atoms with Gasteiger partial charge in [-0.05, 0) is 44.5 Å². The first kappa shape index (κ1) is 17.7. The fourth-order valence-corrected chi connectivity index (χ4v) is 2.26. The molecule has 0 aliphatic heterocycles. The molecular weight excluding hydrogens is 304 g/mol. The molecule has 0 aliphatic rings. The summed E-state index contributed by atoms with van der Waals surface area (Å²) in [6, 6.07) is 14.1. The fourth-order valence-electron chi connectivity index (χ4n) is 2.26. The molecule has 0 saturated carbocycles. The summed E-state index contributed by atoms with van der Waals surface area (Å²) in [5.41, 5.74) is 2.38. The van der Waals surface area contributed by atoms with Crippen LogP contribution in [0.1, 0.15) is 39.6 Å². The van der Waals surface area contributed by atoms with Crippen LogP contribution >= 0.6 is 0 Å². The van der Waals surface area contributed by atoms with Gasteiger partial charge < -0.3 is 15.7 Å². The molecular formula is C19H22N2O3. The Bertz CT molecular complexity index is 726. The van der Waals surface area contributed by atoms with Gasteiger partial charge in [0.05, 0.1) is 17.4 Å². The van der Waals surface area contributed by atoms with Crippen LogP contribution in [0.4, 0.5) is 5.69 Å². The van der Waals surface area contributed by atoms with E-state index >= 15 is 0 Å². The first-order valence-electron chi connectivity index (χ1n) is 7.90. The lowest BCUT2D eigenvalue weighted by molar-refractivity contribution is 0.0946. The molecule has 0 saturated heterocycles. The molecule has 24 heavy (non-hydrogen) atoms. The molecule has 126 valence electrons. The number of carbonyl (C=O) groups is 2. The van der Waals surface area contributed by atoms with E-state index in [4.69, 9.17) is 0 Å². The zero-order chi connectivity index (χ0) is 17.5. The number of hydrogen-bond acceptors (Lipinski definition) is 3. The second-order valence-electron chi connectivity index (χ2n) is 5.76. The Morgan fingerprint density at radius 2 is 1.83 bits per heavy atom. The third-order valence-corrected chi connectivity index (χ3v) is 3.55. The molecule has 3 N–H and O–H groups in total. The number of aryl methyl sites for hydroxylation is 1. The SMILES string of the molecule is Cc1cccc(C(=O)Nc2ccccc2C(=O)NCCC(C)O)c1. The molecule has 0 aromatic heterocycles. The van der Waals surface area contributed by atoms with Crippen LogP contribution in [-0.4, -0.2) is 29.6 Å². The molecule has 2 rings (SSSR count). The highest BCUT2D eigenvalue weighted by Crippen LogP contribution is 2.16. The van der Waals surface area contributed by atoms with E-state index < -0.39 is 6.10 Å². The van der Waals surface area contributed by atoms with E-state index in [1.165, 1.54) is 0 Å². The van der Waals surface area contributed by atoms with Crippen molar-refractivity contribution in [3.8, 4) is 0 Å². The Morgan fingerprint density at radius 3 is 2.54 bits per heavy atom. The molecule has 2 amide bonds. The second-order valence-corrected chi connectivity index (χ2v) is 5.76. The van der Waals surface area contributed by atoms with Crippen molar-refractivity contribution in [2.75, 3.05) is 11.9 Å². The summed E-state index contributed by atoms with van der Waals surface area (Å²) in [6.45, 7) is 3.96. The summed E-state index contributed by atoms with van der Waals surface area (Å²) in [5.74, 6) is -0.543. The van der Waals surface area contributed by atoms with Crippen molar-refractivity contribution in [3.63, 3.8) is 0 Å². The lowest BCUT2D eigenvalue weighted by atomic mass is 10.1. The van der Waals surface area contributed by atoms with Gasteiger partial charge in [-0.1, -0.05) is 29.8 Å². The van der Waals surface area contributed by atoms with Crippen LogP contribution in [0.2, 0.25) is 0 Å². The lowest BCUT2D eigenvalue weighted by Crippen LogP contribution is -2.27. The maximum Gasteiger partial charge on any atom is 0.255 e. The van der Waals surface area contributed by atoms with Crippen molar-refractivity contribution in [2.45, 2.75) is 26.4 Å². The van der Waals surface area contributed by atoms with Gasteiger partial charge in [0.2, 0.25) is 0 Å². The third kappa shape index (κ3) is 4.93. The Hall–Kier alpha value is -2.66. The quantitative estimate of drug-likeness (QED) is 0.764. The van der Waals surface area contributed by atoms with E-state index in [0.29, 0.717) is 29.8 Å². The van der Waals surface area contributed by atoms with Crippen molar-refractivity contribution < 1.29 is 14.7 Å². The third-order valence-electron chi connectivity index (χ3n) is 3.55. The lowest BCUT2D eigenvalue weighted by Gasteiger charge is -2.12. The van der Waals surface area contributed by atoms with Crippen LogP contribution < -0.4 is 10.6 Å². The Labute approximate surface area is 141 Å². The van der Waals surface area contributed by atoms with Gasteiger partial charge in [0.25, 0.3) is 11.8 Å². The number of amides is 2. The first-order valence-corrected chi connectivity index (χ1v) is 7.90. The average molecular weight is 326 g/mol. The van der Waals surface area contributed by atoms with Crippen molar-refractivity contribution in [3.05, 3.63) is 65.2 Å². The van der Waals surface area contributed by atoms with E-state index in [1.54, 1.807) is 43.3 Å². The summed E-state index contributed by atoms with van der Waals surface area (Å²) in [7, 11) is 0. The molecule has 0 aliphatic carbocycles. The predicted molar refractivity (Wildman–Crippen MR) is 94.2 cm³/mol. The number of benzene rings is 2. The number of aliphatic hydroxyl groups is 1. The van der Waals surface area contributed by atoms with E-state index in [0.717, 1.165) is 5.56 Å². The van der Waals surface area contributed by atoms with Crippen molar-refractivity contribution in [2.24, 2.45) is 0 Å². The average Bonchev–Trinajstić information content (AvgIpc) is 2.55. The Kier molecular flexibility index (Phi) is 6.09. The zero-order valence-electron chi connectivity index (χ0n) is 13.9. The normalized spacial score (nSPS) is 11.6. The number of aliphatic hydroxyl groups excluding tert-OH is 1. The summed E-state index contributed by atoms with van der Waals surface area (Å²) in [6.07, 6.45) is 0.00498. The molecule has 0 spiro atoms. The van der Waals surface area contributed by atoms with Gasteiger partial charge in [-0.2, -0.15) is 0 Å². The van der Waals surface area contributed by atoms with Crippen LogP contribution in [-0.2, 0) is 0 Å². The largest absolute Gasteiger partial charge is 0.393 e. The van der Waals surface area contributed by atoms with Gasteiger partial charge in [-0.15, -0.1) is 0 Å². The van der Waals surface area contributed by atoms with Crippen molar-refractivity contribution in [1.82, 2.24) is 5.32 Å². The molecule has 0 heterocycles. The standard InChI is InChI=1S/C19H22N2O3/c1-13-6-5-7-15(12-13)18(23)21-17-9-4-3-8-16(17)19(24)20-11-10-14(2)22/h3-9,12,14,22H,10-11H2,1-2H3,(H,20,24)(H,21,23). The van der Waals surface area contributed by atoms with Crippen molar-refractivity contribution in [1.29, 1.82) is 0 Å². The highest BCUT2D eigenvalue weighted by atomic mass is 16.3. The molecule has 1 atom stereocenters. The fraction of sp³-hybridized carbons (Fsp3) is 0.263. The van der Waals surface area contributed by atoms with E-state index in [2.05, 4.69) is 10.6 Å². The number of carbonyl (C=O) groups excluding carboxylic acids is 2. The zero-order valence-corrected chi connectivity index (χ0v) is 13.9.